The second-order valence-electron chi connectivity index (χ2n) is 11.3. The van der Waals surface area contributed by atoms with Crippen LogP contribution in [0.15, 0.2) is 54.7 Å². The summed E-state index contributed by atoms with van der Waals surface area (Å²) in [4.78, 5) is 21.6. The Morgan fingerprint density at radius 1 is 1.11 bits per heavy atom. The number of nitrogens with zero attached hydrogens (tertiary/aromatic N) is 3. The number of fused-ring (bicyclic) bond motifs is 1. The molecule has 3 atom stereocenters. The van der Waals surface area contributed by atoms with E-state index in [0.717, 1.165) is 59.0 Å². The molecule has 3 aromatic rings. The first kappa shape index (κ1) is 25.1. The third-order valence-corrected chi connectivity index (χ3v) is 8.58. The maximum atomic E-state index is 13.2. The van der Waals surface area contributed by atoms with Crippen LogP contribution in [0.4, 0.5) is 10.5 Å². The maximum absolute atomic E-state index is 13.2. The highest BCUT2D eigenvalue weighted by Gasteiger charge is 2.44. The number of anilines is 1. The number of ether oxygens (including phenoxy) is 1. The zero-order chi connectivity index (χ0) is 26.1. The summed E-state index contributed by atoms with van der Waals surface area (Å²) in [6, 6.07) is 16.1. The van der Waals surface area contributed by atoms with Crippen molar-refractivity contribution in [3.05, 3.63) is 60.4 Å². The van der Waals surface area contributed by atoms with E-state index in [1.165, 1.54) is 32.1 Å². The summed E-state index contributed by atoms with van der Waals surface area (Å²) < 4.78 is 6.34. The molecule has 7 heteroatoms. The van der Waals surface area contributed by atoms with E-state index >= 15 is 0 Å². The number of benzene rings is 2. The quantitative estimate of drug-likeness (QED) is 0.422. The number of urea groups is 1. The lowest BCUT2D eigenvalue weighted by Crippen LogP contribution is -2.39. The Kier molecular flexibility index (Phi) is 7.22. The Morgan fingerprint density at radius 2 is 1.92 bits per heavy atom. The van der Waals surface area contributed by atoms with Gasteiger partial charge in [0, 0.05) is 55.8 Å². The molecule has 0 radical (unpaired) electrons. The van der Waals surface area contributed by atoms with Crippen LogP contribution in [0.2, 0.25) is 0 Å². The van der Waals surface area contributed by atoms with Gasteiger partial charge in [0.15, 0.2) is 0 Å². The molecule has 2 aliphatic carbocycles. The molecule has 6 rings (SSSR count). The number of aliphatic hydroxyl groups is 1. The predicted molar refractivity (Wildman–Crippen MR) is 150 cm³/mol. The molecule has 3 unspecified atom stereocenters. The number of hydrogen-bond donors (Lipinski definition) is 2. The molecular weight excluding hydrogens is 476 g/mol. The summed E-state index contributed by atoms with van der Waals surface area (Å²) >= 11 is 0. The molecule has 1 aromatic heterocycles. The van der Waals surface area contributed by atoms with Gasteiger partial charge in [0.1, 0.15) is 11.5 Å². The smallest absolute Gasteiger partial charge is 0.321 e. The first-order valence-electron chi connectivity index (χ1n) is 14.1. The number of nitrogens with one attached hydrogen (secondary N) is 1. The molecule has 3 aliphatic rings. The SMILES string of the molecule is CN(C(=O)NC1CC1C1CCCCC1)c1ccc(Oc2ccnc(CN3CCC(O)C3)c2)c2ccccc12. The number of likely N-dealkylation sites (tertiary alicyclic amines) is 1. The molecule has 0 bridgehead atoms. The van der Waals surface area contributed by atoms with E-state index in [4.69, 9.17) is 4.74 Å². The van der Waals surface area contributed by atoms with Gasteiger partial charge in [0.05, 0.1) is 17.5 Å². The molecule has 1 saturated heterocycles. The van der Waals surface area contributed by atoms with Crippen molar-refractivity contribution in [3.63, 3.8) is 0 Å². The van der Waals surface area contributed by atoms with Crippen LogP contribution in [-0.2, 0) is 6.54 Å². The van der Waals surface area contributed by atoms with Crippen LogP contribution in [0.25, 0.3) is 10.8 Å². The van der Waals surface area contributed by atoms with Crippen molar-refractivity contribution >= 4 is 22.5 Å². The third kappa shape index (κ3) is 5.49. The molecular formula is C31H38N4O3. The monoisotopic (exact) mass is 514 g/mol. The van der Waals surface area contributed by atoms with Crippen molar-refractivity contribution in [3.8, 4) is 11.5 Å². The van der Waals surface area contributed by atoms with Crippen LogP contribution in [0.3, 0.4) is 0 Å². The minimum absolute atomic E-state index is 0.0436. The average molecular weight is 515 g/mol. The lowest BCUT2D eigenvalue weighted by atomic mass is 9.85. The summed E-state index contributed by atoms with van der Waals surface area (Å²) in [5, 5.41) is 15.0. The van der Waals surface area contributed by atoms with E-state index in [-0.39, 0.29) is 12.1 Å². The number of aromatic nitrogens is 1. The van der Waals surface area contributed by atoms with Gasteiger partial charge in [-0.2, -0.15) is 0 Å². The van der Waals surface area contributed by atoms with Crippen molar-refractivity contribution in [1.29, 1.82) is 0 Å². The van der Waals surface area contributed by atoms with Crippen LogP contribution in [0, 0.1) is 11.8 Å². The third-order valence-electron chi connectivity index (χ3n) is 8.58. The fraction of sp³-hybridized carbons (Fsp3) is 0.484. The first-order chi connectivity index (χ1) is 18.5. The maximum Gasteiger partial charge on any atom is 0.321 e. The highest BCUT2D eigenvalue weighted by atomic mass is 16.5. The Balaban J connectivity index is 1.15. The number of amides is 2. The Bertz CT molecular complexity index is 1290. The molecule has 2 N–H and O–H groups in total. The first-order valence-corrected chi connectivity index (χ1v) is 14.1. The van der Waals surface area contributed by atoms with Gasteiger partial charge in [0.2, 0.25) is 0 Å². The van der Waals surface area contributed by atoms with Crippen LogP contribution >= 0.6 is 0 Å². The Morgan fingerprint density at radius 3 is 2.71 bits per heavy atom. The van der Waals surface area contributed by atoms with Crippen molar-refractivity contribution in [2.24, 2.45) is 11.8 Å². The minimum Gasteiger partial charge on any atom is -0.457 e. The fourth-order valence-corrected chi connectivity index (χ4v) is 6.38. The molecule has 2 amide bonds. The molecule has 0 spiro atoms. The predicted octanol–water partition coefficient (Wildman–Crippen LogP) is 5.71. The highest BCUT2D eigenvalue weighted by Crippen LogP contribution is 2.44. The van der Waals surface area contributed by atoms with Gasteiger partial charge in [-0.1, -0.05) is 56.4 Å². The van der Waals surface area contributed by atoms with E-state index in [1.807, 2.05) is 55.6 Å². The van der Waals surface area contributed by atoms with Crippen LogP contribution < -0.4 is 15.0 Å². The zero-order valence-electron chi connectivity index (χ0n) is 22.2. The van der Waals surface area contributed by atoms with Crippen molar-refractivity contribution in [2.75, 3.05) is 25.0 Å². The molecule has 2 heterocycles. The molecule has 2 saturated carbocycles. The van der Waals surface area contributed by atoms with Crippen LogP contribution in [0.1, 0.15) is 50.6 Å². The van der Waals surface area contributed by atoms with Crippen molar-refractivity contribution in [1.82, 2.24) is 15.2 Å². The highest BCUT2D eigenvalue weighted by molar-refractivity contribution is 6.05. The summed E-state index contributed by atoms with van der Waals surface area (Å²) in [6.45, 7) is 2.25. The van der Waals surface area contributed by atoms with Crippen LogP contribution in [0.5, 0.6) is 11.5 Å². The largest absolute Gasteiger partial charge is 0.457 e. The molecule has 38 heavy (non-hydrogen) atoms. The standard InChI is InChI=1S/C31H38N4O3/c1-34(31(37)33-28-18-27(28)21-7-3-2-4-8-21)29-11-12-30(26-10-6-5-9-25(26)29)38-24-13-15-32-22(17-24)19-35-16-14-23(36)20-35/h5-6,9-13,15,17,21,23,27-28,36H,2-4,7-8,14,16,18-20H2,1H3,(H,33,37). The number of hydrogen-bond acceptors (Lipinski definition) is 5. The minimum atomic E-state index is -0.248. The molecule has 3 fully saturated rings. The van der Waals surface area contributed by atoms with Gasteiger partial charge in [0.25, 0.3) is 0 Å². The number of aliphatic hydroxyl groups excluding tert-OH is 1. The number of carbonyl (C=O) groups is 1. The summed E-state index contributed by atoms with van der Waals surface area (Å²) in [6.07, 6.45) is 10.1. The van der Waals surface area contributed by atoms with Crippen LogP contribution in [-0.4, -0.2) is 53.3 Å². The van der Waals surface area contributed by atoms with E-state index in [9.17, 15) is 9.90 Å². The molecule has 200 valence electrons. The lowest BCUT2D eigenvalue weighted by molar-refractivity contribution is 0.174. The van der Waals surface area contributed by atoms with Gasteiger partial charge in [-0.3, -0.25) is 14.8 Å². The lowest BCUT2D eigenvalue weighted by Gasteiger charge is -2.23. The Labute approximate surface area is 224 Å². The number of pyridine rings is 1. The van der Waals surface area contributed by atoms with Crippen molar-refractivity contribution in [2.45, 2.75) is 63.6 Å². The van der Waals surface area contributed by atoms with Gasteiger partial charge in [-0.15, -0.1) is 0 Å². The average Bonchev–Trinajstić information content (AvgIpc) is 3.59. The second kappa shape index (κ2) is 10.9. The second-order valence-corrected chi connectivity index (χ2v) is 11.3. The topological polar surface area (TPSA) is 77.9 Å². The van der Waals surface area contributed by atoms with Gasteiger partial charge < -0.3 is 15.2 Å². The molecule has 2 aromatic carbocycles. The fourth-order valence-electron chi connectivity index (χ4n) is 6.38. The Hall–Kier alpha value is -3.16. The summed E-state index contributed by atoms with van der Waals surface area (Å²) in [5.41, 5.74) is 1.78. The van der Waals surface area contributed by atoms with Gasteiger partial charge >= 0.3 is 6.03 Å². The number of carbonyl (C=O) groups excluding carboxylic acids is 1. The van der Waals surface area contributed by atoms with E-state index in [1.54, 1.807) is 11.1 Å². The number of rotatable bonds is 7. The number of β-amino-alcohol motifs (C(OH)–C–C–N with tert-alkyl or cyclic N) is 1. The van der Waals surface area contributed by atoms with Gasteiger partial charge in [-0.25, -0.2) is 4.79 Å². The van der Waals surface area contributed by atoms with E-state index in [0.29, 0.717) is 25.0 Å². The molecule has 7 nitrogen and oxygen atoms in total. The van der Waals surface area contributed by atoms with Crippen molar-refractivity contribution < 1.29 is 14.6 Å². The zero-order valence-corrected chi connectivity index (χ0v) is 22.2. The van der Waals surface area contributed by atoms with E-state index in [2.05, 4.69) is 15.2 Å². The normalized spacial score (nSPS) is 23.9. The summed E-state index contributed by atoms with van der Waals surface area (Å²) in [7, 11) is 1.85. The van der Waals surface area contributed by atoms with Gasteiger partial charge in [-0.05, 0) is 42.9 Å². The van der Waals surface area contributed by atoms with E-state index < -0.39 is 0 Å². The molecule has 1 aliphatic heterocycles. The summed E-state index contributed by atoms with van der Waals surface area (Å²) in [5.74, 6) is 2.90.